The number of hydrogen-bond acceptors (Lipinski definition) is 5. The average molecular weight is 390 g/mol. The monoisotopic (exact) mass is 390 g/mol. The normalized spacial score (nSPS) is 20.3. The number of nitrogens with zero attached hydrogens (tertiary/aromatic N) is 1. The van der Waals surface area contributed by atoms with Gasteiger partial charge in [0.1, 0.15) is 0 Å². The number of nitrogens with one attached hydrogen (secondary N) is 1. The first-order valence-electron chi connectivity index (χ1n) is 8.62. The zero-order valence-electron chi connectivity index (χ0n) is 15.1. The molecule has 0 bridgehead atoms. The van der Waals surface area contributed by atoms with Gasteiger partial charge in [-0.3, -0.25) is 4.72 Å². The Balaban J connectivity index is 1.91. The molecule has 7 nitrogen and oxygen atoms in total. The van der Waals surface area contributed by atoms with E-state index in [2.05, 4.69) is 4.72 Å². The summed E-state index contributed by atoms with van der Waals surface area (Å²) in [5.74, 6) is -1.11. The third-order valence-corrected chi connectivity index (χ3v) is 5.69. The summed E-state index contributed by atoms with van der Waals surface area (Å²) in [7, 11) is -3.79. The molecule has 1 saturated heterocycles. The SMILES string of the molecule is CC1CN(c2ccc(NS(=O)(=O)c3ccccc3)cc2C(=O)O)CC(C)O1. The number of carboxylic acid groups (broad SMARTS) is 1. The molecule has 2 aromatic carbocycles. The molecule has 0 amide bonds. The number of aromatic carboxylic acids is 1. The van der Waals surface area contributed by atoms with Crippen molar-refractivity contribution in [3.05, 3.63) is 54.1 Å². The van der Waals surface area contributed by atoms with Gasteiger partial charge in [0.15, 0.2) is 0 Å². The van der Waals surface area contributed by atoms with Crippen LogP contribution in [0.4, 0.5) is 11.4 Å². The van der Waals surface area contributed by atoms with Crippen LogP contribution in [0.3, 0.4) is 0 Å². The van der Waals surface area contributed by atoms with Crippen LogP contribution in [0.1, 0.15) is 24.2 Å². The molecular formula is C19H22N2O5S. The van der Waals surface area contributed by atoms with Crippen LogP contribution >= 0.6 is 0 Å². The van der Waals surface area contributed by atoms with E-state index in [0.717, 1.165) is 0 Å². The zero-order valence-corrected chi connectivity index (χ0v) is 15.9. The second-order valence-electron chi connectivity index (χ2n) is 6.62. The van der Waals surface area contributed by atoms with E-state index in [1.54, 1.807) is 30.3 Å². The van der Waals surface area contributed by atoms with Gasteiger partial charge < -0.3 is 14.7 Å². The van der Waals surface area contributed by atoms with Gasteiger partial charge in [0.25, 0.3) is 10.0 Å². The van der Waals surface area contributed by atoms with Gasteiger partial charge in [-0.25, -0.2) is 13.2 Å². The smallest absolute Gasteiger partial charge is 0.337 e. The van der Waals surface area contributed by atoms with Crippen LogP contribution in [0.2, 0.25) is 0 Å². The Hall–Kier alpha value is -2.58. The summed E-state index contributed by atoms with van der Waals surface area (Å²) < 4.78 is 33.1. The summed E-state index contributed by atoms with van der Waals surface area (Å²) in [4.78, 5) is 13.8. The Morgan fingerprint density at radius 1 is 1.11 bits per heavy atom. The van der Waals surface area contributed by atoms with Gasteiger partial charge in [-0.1, -0.05) is 18.2 Å². The van der Waals surface area contributed by atoms with Gasteiger partial charge in [0, 0.05) is 18.8 Å². The highest BCUT2D eigenvalue weighted by Crippen LogP contribution is 2.28. The van der Waals surface area contributed by atoms with E-state index in [4.69, 9.17) is 4.74 Å². The maximum atomic E-state index is 12.5. The minimum Gasteiger partial charge on any atom is -0.478 e. The molecule has 2 N–H and O–H groups in total. The summed E-state index contributed by atoms with van der Waals surface area (Å²) in [5, 5.41) is 9.63. The van der Waals surface area contributed by atoms with E-state index in [1.165, 1.54) is 18.2 Å². The Bertz CT molecular complexity index is 920. The first-order chi connectivity index (χ1) is 12.8. The predicted octanol–water partition coefficient (Wildman–Crippen LogP) is 2.80. The lowest BCUT2D eigenvalue weighted by Gasteiger charge is -2.37. The summed E-state index contributed by atoms with van der Waals surface area (Å²) in [6.45, 7) is 5.01. The maximum absolute atomic E-state index is 12.5. The minimum absolute atomic E-state index is 0.0216. The molecule has 144 valence electrons. The summed E-state index contributed by atoms with van der Waals surface area (Å²) in [5.41, 5.74) is 0.797. The average Bonchev–Trinajstić information content (AvgIpc) is 2.61. The van der Waals surface area contributed by atoms with E-state index in [0.29, 0.717) is 18.8 Å². The van der Waals surface area contributed by atoms with Crippen molar-refractivity contribution in [3.8, 4) is 0 Å². The number of morpholine rings is 1. The molecule has 0 aliphatic carbocycles. The highest BCUT2D eigenvalue weighted by molar-refractivity contribution is 7.92. The van der Waals surface area contributed by atoms with Crippen molar-refractivity contribution in [2.24, 2.45) is 0 Å². The molecular weight excluding hydrogens is 368 g/mol. The standard InChI is InChI=1S/C19H22N2O5S/c1-13-11-21(12-14(2)26-13)18-9-8-15(10-17(18)19(22)23)20-27(24,25)16-6-4-3-5-7-16/h3-10,13-14,20H,11-12H2,1-2H3,(H,22,23). The Morgan fingerprint density at radius 3 is 2.33 bits per heavy atom. The van der Waals surface area contributed by atoms with Gasteiger partial charge in [-0.15, -0.1) is 0 Å². The molecule has 0 spiro atoms. The molecule has 2 atom stereocenters. The van der Waals surface area contributed by atoms with E-state index in [1.807, 2.05) is 18.7 Å². The molecule has 0 aromatic heterocycles. The lowest BCUT2D eigenvalue weighted by atomic mass is 10.1. The molecule has 27 heavy (non-hydrogen) atoms. The van der Waals surface area contributed by atoms with Gasteiger partial charge in [0.2, 0.25) is 0 Å². The number of ether oxygens (including phenoxy) is 1. The highest BCUT2D eigenvalue weighted by Gasteiger charge is 2.26. The van der Waals surface area contributed by atoms with Crippen molar-refractivity contribution in [2.45, 2.75) is 31.0 Å². The maximum Gasteiger partial charge on any atom is 0.337 e. The van der Waals surface area contributed by atoms with Crippen LogP contribution in [-0.4, -0.2) is 44.8 Å². The Kier molecular flexibility index (Phi) is 5.38. The van der Waals surface area contributed by atoms with Gasteiger partial charge in [-0.05, 0) is 44.2 Å². The Morgan fingerprint density at radius 2 is 1.74 bits per heavy atom. The number of carboxylic acids is 1. The largest absolute Gasteiger partial charge is 0.478 e. The van der Waals surface area contributed by atoms with Crippen LogP contribution in [0.5, 0.6) is 0 Å². The molecule has 8 heteroatoms. The van der Waals surface area contributed by atoms with Crippen LogP contribution in [-0.2, 0) is 14.8 Å². The van der Waals surface area contributed by atoms with Crippen molar-refractivity contribution in [1.29, 1.82) is 0 Å². The van der Waals surface area contributed by atoms with Crippen LogP contribution < -0.4 is 9.62 Å². The molecule has 0 radical (unpaired) electrons. The fourth-order valence-corrected chi connectivity index (χ4v) is 4.31. The van der Waals surface area contributed by atoms with Crippen molar-refractivity contribution < 1.29 is 23.1 Å². The summed E-state index contributed by atoms with van der Waals surface area (Å²) in [6.07, 6.45) is -0.0432. The van der Waals surface area contributed by atoms with Gasteiger partial charge in [-0.2, -0.15) is 0 Å². The third kappa shape index (κ3) is 4.40. The van der Waals surface area contributed by atoms with Crippen LogP contribution in [0.25, 0.3) is 0 Å². The number of hydrogen-bond donors (Lipinski definition) is 2. The topological polar surface area (TPSA) is 95.9 Å². The number of anilines is 2. The number of rotatable bonds is 5. The lowest BCUT2D eigenvalue weighted by molar-refractivity contribution is -0.00531. The molecule has 1 heterocycles. The quantitative estimate of drug-likeness (QED) is 0.815. The highest BCUT2D eigenvalue weighted by atomic mass is 32.2. The molecule has 2 unspecified atom stereocenters. The number of carbonyl (C=O) groups is 1. The fraction of sp³-hybridized carbons (Fsp3) is 0.316. The third-order valence-electron chi connectivity index (χ3n) is 4.29. The summed E-state index contributed by atoms with van der Waals surface area (Å²) >= 11 is 0. The molecule has 1 fully saturated rings. The first-order valence-corrected chi connectivity index (χ1v) is 10.1. The number of benzene rings is 2. The minimum atomic E-state index is -3.79. The molecule has 1 aliphatic heterocycles. The predicted molar refractivity (Wildman–Crippen MR) is 103 cm³/mol. The van der Waals surface area contributed by atoms with Crippen LogP contribution in [0, 0.1) is 0 Å². The molecule has 1 aliphatic rings. The second kappa shape index (κ2) is 7.58. The first kappa shape index (κ1) is 19.2. The van der Waals surface area contributed by atoms with Crippen molar-refractivity contribution in [2.75, 3.05) is 22.7 Å². The van der Waals surface area contributed by atoms with E-state index in [9.17, 15) is 18.3 Å². The number of sulfonamides is 1. The van der Waals surface area contributed by atoms with Crippen molar-refractivity contribution in [1.82, 2.24) is 0 Å². The lowest BCUT2D eigenvalue weighted by Crippen LogP contribution is -2.46. The summed E-state index contributed by atoms with van der Waals surface area (Å²) in [6, 6.07) is 12.5. The van der Waals surface area contributed by atoms with Gasteiger partial charge in [0.05, 0.1) is 28.4 Å². The van der Waals surface area contributed by atoms with Crippen molar-refractivity contribution >= 4 is 27.4 Å². The van der Waals surface area contributed by atoms with E-state index < -0.39 is 16.0 Å². The molecule has 2 aromatic rings. The molecule has 3 rings (SSSR count). The second-order valence-corrected chi connectivity index (χ2v) is 8.30. The van der Waals surface area contributed by atoms with Crippen LogP contribution in [0.15, 0.2) is 53.4 Å². The van der Waals surface area contributed by atoms with Gasteiger partial charge >= 0.3 is 5.97 Å². The Labute approximate surface area is 158 Å². The fourth-order valence-electron chi connectivity index (χ4n) is 3.23. The zero-order chi connectivity index (χ0) is 19.6. The van der Waals surface area contributed by atoms with E-state index in [-0.39, 0.29) is 28.4 Å². The van der Waals surface area contributed by atoms with E-state index >= 15 is 0 Å². The molecule has 0 saturated carbocycles. The van der Waals surface area contributed by atoms with Crippen molar-refractivity contribution in [3.63, 3.8) is 0 Å².